The lowest BCUT2D eigenvalue weighted by atomic mass is 9.80. The van der Waals surface area contributed by atoms with Crippen molar-refractivity contribution in [3.63, 3.8) is 0 Å². The van der Waals surface area contributed by atoms with Gasteiger partial charge < -0.3 is 16.4 Å². The Hall–Kier alpha value is -0.860. The minimum Gasteiger partial charge on any atom is -0.384 e. The number of nitrogens with two attached hydrogens (primary N) is 1. The van der Waals surface area contributed by atoms with Crippen molar-refractivity contribution in [2.24, 2.45) is 5.73 Å². The van der Waals surface area contributed by atoms with E-state index in [2.05, 4.69) is 17.6 Å². The molecular formula is C10H19N3. The average molecular weight is 181 g/mol. The van der Waals surface area contributed by atoms with E-state index in [1.807, 2.05) is 0 Å². The largest absolute Gasteiger partial charge is 0.384 e. The van der Waals surface area contributed by atoms with E-state index >= 15 is 0 Å². The molecule has 0 amide bonds. The highest BCUT2D eigenvalue weighted by atomic mass is 15.1. The highest BCUT2D eigenvalue weighted by Crippen LogP contribution is 2.30. The summed E-state index contributed by atoms with van der Waals surface area (Å²) in [6.45, 7) is 3.05. The van der Waals surface area contributed by atoms with Gasteiger partial charge in [0.25, 0.3) is 0 Å². The molecule has 3 nitrogen and oxygen atoms in total. The molecule has 1 saturated carbocycles. The molecule has 0 aromatic heterocycles. The third-order valence-electron chi connectivity index (χ3n) is 3.28. The van der Waals surface area contributed by atoms with Gasteiger partial charge in [-0.05, 0) is 19.8 Å². The molecule has 0 unspecified atom stereocenters. The Morgan fingerprint density at radius 3 is 2.54 bits per heavy atom. The first kappa shape index (κ1) is 8.73. The van der Waals surface area contributed by atoms with Gasteiger partial charge in [-0.25, -0.2) is 0 Å². The summed E-state index contributed by atoms with van der Waals surface area (Å²) in [7, 11) is 0. The molecular weight excluding hydrogens is 162 g/mol. The topological polar surface area (TPSA) is 50.1 Å². The first-order valence-corrected chi connectivity index (χ1v) is 5.20. The second kappa shape index (κ2) is 3.13. The third-order valence-corrected chi connectivity index (χ3v) is 3.28. The summed E-state index contributed by atoms with van der Waals surface area (Å²) in [6, 6.07) is 0. The van der Waals surface area contributed by atoms with Crippen molar-refractivity contribution in [3.8, 4) is 0 Å². The van der Waals surface area contributed by atoms with E-state index in [4.69, 9.17) is 5.73 Å². The van der Waals surface area contributed by atoms with Crippen LogP contribution in [-0.2, 0) is 0 Å². The van der Waals surface area contributed by atoms with Gasteiger partial charge in [-0.3, -0.25) is 0 Å². The summed E-state index contributed by atoms with van der Waals surface area (Å²) < 4.78 is 0. The van der Waals surface area contributed by atoms with Crippen LogP contribution in [0.2, 0.25) is 0 Å². The third kappa shape index (κ3) is 1.60. The van der Waals surface area contributed by atoms with Crippen LogP contribution in [0.15, 0.2) is 11.5 Å². The van der Waals surface area contributed by atoms with E-state index in [-0.39, 0.29) is 0 Å². The first-order chi connectivity index (χ1) is 6.22. The fraction of sp³-hybridized carbons (Fsp3) is 0.800. The predicted molar refractivity (Wildman–Crippen MR) is 53.8 cm³/mol. The summed E-state index contributed by atoms with van der Waals surface area (Å²) in [4.78, 5) is 0. The number of nitrogens with one attached hydrogen (secondary N) is 2. The van der Waals surface area contributed by atoms with Crippen LogP contribution in [0.1, 0.15) is 39.0 Å². The van der Waals surface area contributed by atoms with E-state index < -0.39 is 0 Å². The molecule has 2 rings (SSSR count). The van der Waals surface area contributed by atoms with Crippen molar-refractivity contribution >= 4 is 0 Å². The van der Waals surface area contributed by atoms with Gasteiger partial charge in [0, 0.05) is 12.2 Å². The molecule has 0 saturated heterocycles. The zero-order valence-electron chi connectivity index (χ0n) is 8.32. The molecule has 74 valence electrons. The molecule has 2 aliphatic rings. The van der Waals surface area contributed by atoms with E-state index in [9.17, 15) is 0 Å². The van der Waals surface area contributed by atoms with Crippen LogP contribution in [0.3, 0.4) is 0 Å². The lowest BCUT2D eigenvalue weighted by molar-refractivity contribution is 0.232. The van der Waals surface area contributed by atoms with Crippen LogP contribution in [0.4, 0.5) is 0 Å². The lowest BCUT2D eigenvalue weighted by Crippen LogP contribution is -2.57. The van der Waals surface area contributed by atoms with Crippen molar-refractivity contribution in [1.82, 2.24) is 10.6 Å². The maximum atomic E-state index is 5.77. The standard InChI is InChI=1S/C10H19N3/c1-8-9(11)12-7-10(13-8)5-3-2-4-6-10/h12-13H,2-7,11H2,1H3. The summed E-state index contributed by atoms with van der Waals surface area (Å²) >= 11 is 0. The van der Waals surface area contributed by atoms with Gasteiger partial charge in [0.15, 0.2) is 0 Å². The Morgan fingerprint density at radius 2 is 1.92 bits per heavy atom. The van der Waals surface area contributed by atoms with E-state index in [1.54, 1.807) is 0 Å². The predicted octanol–water partition coefficient (Wildman–Crippen LogP) is 1.03. The van der Waals surface area contributed by atoms with Crippen LogP contribution < -0.4 is 16.4 Å². The molecule has 0 atom stereocenters. The smallest absolute Gasteiger partial charge is 0.115 e. The summed E-state index contributed by atoms with van der Waals surface area (Å²) in [5.74, 6) is 0.816. The van der Waals surface area contributed by atoms with E-state index in [1.165, 1.54) is 32.1 Å². The van der Waals surface area contributed by atoms with Crippen molar-refractivity contribution in [2.75, 3.05) is 6.54 Å². The van der Waals surface area contributed by atoms with Gasteiger partial charge in [-0.1, -0.05) is 19.3 Å². The first-order valence-electron chi connectivity index (χ1n) is 5.20. The Kier molecular flexibility index (Phi) is 2.10. The van der Waals surface area contributed by atoms with Gasteiger partial charge in [0.2, 0.25) is 0 Å². The highest BCUT2D eigenvalue weighted by Gasteiger charge is 2.34. The number of allylic oxidation sites excluding steroid dienone is 1. The SMILES string of the molecule is CC1=C(N)NCC2(CCCCC2)N1. The Balaban J connectivity index is 2.09. The monoisotopic (exact) mass is 181 g/mol. The lowest BCUT2D eigenvalue weighted by Gasteiger charge is -2.43. The number of hydrogen-bond donors (Lipinski definition) is 3. The maximum Gasteiger partial charge on any atom is 0.115 e. The van der Waals surface area contributed by atoms with Gasteiger partial charge in [0.1, 0.15) is 5.82 Å². The fourth-order valence-electron chi connectivity index (χ4n) is 2.44. The average Bonchev–Trinajstić information content (AvgIpc) is 2.14. The van der Waals surface area contributed by atoms with E-state index in [0.717, 1.165) is 18.1 Å². The normalized spacial score (nSPS) is 26.8. The van der Waals surface area contributed by atoms with E-state index in [0.29, 0.717) is 5.54 Å². The van der Waals surface area contributed by atoms with Crippen LogP contribution in [0.5, 0.6) is 0 Å². The molecule has 1 heterocycles. The molecule has 1 fully saturated rings. The minimum absolute atomic E-state index is 0.311. The molecule has 4 N–H and O–H groups in total. The molecule has 0 radical (unpaired) electrons. The van der Waals surface area contributed by atoms with Crippen molar-refractivity contribution in [2.45, 2.75) is 44.6 Å². The van der Waals surface area contributed by atoms with Crippen LogP contribution >= 0.6 is 0 Å². The summed E-state index contributed by atoms with van der Waals surface area (Å²) in [5, 5.41) is 6.86. The van der Waals surface area contributed by atoms with Crippen LogP contribution in [0.25, 0.3) is 0 Å². The van der Waals surface area contributed by atoms with Crippen molar-refractivity contribution in [3.05, 3.63) is 11.5 Å². The van der Waals surface area contributed by atoms with Gasteiger partial charge in [-0.2, -0.15) is 0 Å². The summed E-state index contributed by atoms with van der Waals surface area (Å²) in [6.07, 6.45) is 6.65. The Morgan fingerprint density at radius 1 is 1.23 bits per heavy atom. The molecule has 1 aliphatic heterocycles. The molecule has 3 heteroatoms. The second-order valence-corrected chi connectivity index (χ2v) is 4.36. The fourth-order valence-corrected chi connectivity index (χ4v) is 2.44. The Labute approximate surface area is 79.8 Å². The maximum absolute atomic E-state index is 5.77. The molecule has 0 bridgehead atoms. The van der Waals surface area contributed by atoms with Crippen LogP contribution in [0, 0.1) is 0 Å². The number of hydrogen-bond acceptors (Lipinski definition) is 3. The number of rotatable bonds is 0. The molecule has 13 heavy (non-hydrogen) atoms. The van der Waals surface area contributed by atoms with Crippen LogP contribution in [-0.4, -0.2) is 12.1 Å². The van der Waals surface area contributed by atoms with Gasteiger partial charge >= 0.3 is 0 Å². The molecule has 0 aromatic carbocycles. The van der Waals surface area contributed by atoms with Gasteiger partial charge in [-0.15, -0.1) is 0 Å². The Bertz CT molecular complexity index is 226. The summed E-state index contributed by atoms with van der Waals surface area (Å²) in [5.41, 5.74) is 7.20. The second-order valence-electron chi connectivity index (χ2n) is 4.36. The molecule has 1 spiro atoms. The zero-order valence-corrected chi connectivity index (χ0v) is 8.32. The molecule has 0 aromatic rings. The zero-order chi connectivity index (χ0) is 9.31. The van der Waals surface area contributed by atoms with Gasteiger partial charge in [0.05, 0.1) is 5.54 Å². The quantitative estimate of drug-likeness (QED) is 0.523. The van der Waals surface area contributed by atoms with Crippen molar-refractivity contribution < 1.29 is 0 Å². The highest BCUT2D eigenvalue weighted by molar-refractivity contribution is 5.15. The van der Waals surface area contributed by atoms with Crippen molar-refractivity contribution in [1.29, 1.82) is 0 Å². The molecule has 1 aliphatic carbocycles. The minimum atomic E-state index is 0.311.